The van der Waals surface area contributed by atoms with Gasteiger partial charge in [-0.1, -0.05) is 17.7 Å². The molecule has 0 aliphatic heterocycles. The molecule has 0 spiro atoms. The first-order valence-electron chi connectivity index (χ1n) is 6.91. The first kappa shape index (κ1) is 15.8. The van der Waals surface area contributed by atoms with E-state index in [-0.39, 0.29) is 0 Å². The van der Waals surface area contributed by atoms with Crippen molar-refractivity contribution in [1.29, 1.82) is 0 Å². The van der Waals surface area contributed by atoms with E-state index in [9.17, 15) is 0 Å². The molecule has 0 amide bonds. The van der Waals surface area contributed by atoms with Gasteiger partial charge in [0.2, 0.25) is 0 Å². The fourth-order valence-corrected chi connectivity index (χ4v) is 2.08. The first-order valence-corrected chi connectivity index (χ1v) is 7.29. The van der Waals surface area contributed by atoms with E-state index in [4.69, 9.17) is 21.1 Å². The molecule has 0 unspecified atom stereocenters. The van der Waals surface area contributed by atoms with Crippen LogP contribution in [0.1, 0.15) is 12.5 Å². The molecular weight excluding hydrogens is 290 g/mol. The summed E-state index contributed by atoms with van der Waals surface area (Å²) >= 11 is 6.27. The quantitative estimate of drug-likeness (QED) is 0.761. The van der Waals surface area contributed by atoms with Crippen LogP contribution < -0.4 is 10.1 Å². The van der Waals surface area contributed by atoms with Crippen LogP contribution in [0.5, 0.6) is 11.5 Å². The van der Waals surface area contributed by atoms with E-state index in [2.05, 4.69) is 10.4 Å². The Hall–Kier alpha value is -1.56. The molecule has 0 saturated carbocycles. The summed E-state index contributed by atoms with van der Waals surface area (Å²) in [5.41, 5.74) is 1.03. The molecule has 1 N–H and O–H groups in total. The SMILES string of the molecule is CCn1cc(Oc2ccc(CNCCOC)c(Cl)c2)cn1. The van der Waals surface area contributed by atoms with E-state index in [1.807, 2.05) is 36.0 Å². The molecule has 2 aromatic rings. The minimum atomic E-state index is 0.681. The monoisotopic (exact) mass is 309 g/mol. The molecule has 1 aromatic heterocycles. The largest absolute Gasteiger partial charge is 0.454 e. The molecule has 0 aliphatic rings. The maximum Gasteiger partial charge on any atom is 0.165 e. The highest BCUT2D eigenvalue weighted by molar-refractivity contribution is 6.31. The Bertz CT molecular complexity index is 572. The molecule has 0 aliphatic carbocycles. The lowest BCUT2D eigenvalue weighted by Crippen LogP contribution is -2.18. The molecular formula is C15H20ClN3O2. The van der Waals surface area contributed by atoms with Gasteiger partial charge in [-0.3, -0.25) is 4.68 Å². The number of benzene rings is 1. The molecule has 1 aromatic carbocycles. The molecule has 114 valence electrons. The second-order valence-corrected chi connectivity index (χ2v) is 4.96. The standard InChI is InChI=1S/C15H20ClN3O2/c1-3-19-11-14(10-18-19)21-13-5-4-12(15(16)8-13)9-17-6-7-20-2/h4-5,8,10-11,17H,3,6-7,9H2,1-2H3. The van der Waals surface area contributed by atoms with Crippen LogP contribution >= 0.6 is 11.6 Å². The van der Waals surface area contributed by atoms with Gasteiger partial charge < -0.3 is 14.8 Å². The van der Waals surface area contributed by atoms with Crippen LogP contribution in [-0.4, -0.2) is 30.0 Å². The number of methoxy groups -OCH3 is 1. The average molecular weight is 310 g/mol. The number of hydrogen-bond acceptors (Lipinski definition) is 4. The topological polar surface area (TPSA) is 48.3 Å². The maximum absolute atomic E-state index is 6.27. The van der Waals surface area contributed by atoms with E-state index in [1.54, 1.807) is 13.3 Å². The van der Waals surface area contributed by atoms with Crippen LogP contribution in [0, 0.1) is 0 Å². The molecule has 0 atom stereocenters. The molecule has 21 heavy (non-hydrogen) atoms. The summed E-state index contributed by atoms with van der Waals surface area (Å²) in [7, 11) is 1.68. The van der Waals surface area contributed by atoms with Crippen molar-refractivity contribution in [2.45, 2.75) is 20.0 Å². The molecule has 0 radical (unpaired) electrons. The van der Waals surface area contributed by atoms with Crippen LogP contribution in [0.2, 0.25) is 5.02 Å². The maximum atomic E-state index is 6.27. The fourth-order valence-electron chi connectivity index (χ4n) is 1.84. The summed E-state index contributed by atoms with van der Waals surface area (Å²) < 4.78 is 12.5. The number of aromatic nitrogens is 2. The summed E-state index contributed by atoms with van der Waals surface area (Å²) in [6, 6.07) is 5.68. The number of nitrogens with zero attached hydrogens (tertiary/aromatic N) is 2. The lowest BCUT2D eigenvalue weighted by atomic mass is 10.2. The molecule has 2 rings (SSSR count). The van der Waals surface area contributed by atoms with Gasteiger partial charge in [0.15, 0.2) is 5.75 Å². The normalized spacial score (nSPS) is 10.8. The summed E-state index contributed by atoms with van der Waals surface area (Å²) in [5, 5.41) is 8.11. The minimum Gasteiger partial charge on any atom is -0.454 e. The molecule has 6 heteroatoms. The van der Waals surface area contributed by atoms with E-state index in [0.29, 0.717) is 29.7 Å². The van der Waals surface area contributed by atoms with Gasteiger partial charge in [0.25, 0.3) is 0 Å². The van der Waals surface area contributed by atoms with Gasteiger partial charge in [-0.25, -0.2) is 0 Å². The number of halogens is 1. The van der Waals surface area contributed by atoms with Crippen molar-refractivity contribution >= 4 is 11.6 Å². The van der Waals surface area contributed by atoms with E-state index >= 15 is 0 Å². The van der Waals surface area contributed by atoms with Gasteiger partial charge in [0.05, 0.1) is 19.0 Å². The number of aryl methyl sites for hydroxylation is 1. The van der Waals surface area contributed by atoms with Crippen molar-refractivity contribution in [2.75, 3.05) is 20.3 Å². The zero-order chi connectivity index (χ0) is 15.1. The second-order valence-electron chi connectivity index (χ2n) is 4.56. The van der Waals surface area contributed by atoms with Crippen molar-refractivity contribution in [3.8, 4) is 11.5 Å². The van der Waals surface area contributed by atoms with E-state index < -0.39 is 0 Å². The summed E-state index contributed by atoms with van der Waals surface area (Å²) in [6.07, 6.45) is 3.55. The lowest BCUT2D eigenvalue weighted by Gasteiger charge is -2.08. The van der Waals surface area contributed by atoms with Crippen molar-refractivity contribution in [3.63, 3.8) is 0 Å². The van der Waals surface area contributed by atoms with Gasteiger partial charge >= 0.3 is 0 Å². The third-order valence-corrected chi connectivity index (χ3v) is 3.34. The highest BCUT2D eigenvalue weighted by Crippen LogP contribution is 2.26. The zero-order valence-electron chi connectivity index (χ0n) is 12.3. The van der Waals surface area contributed by atoms with Crippen molar-refractivity contribution in [2.24, 2.45) is 0 Å². The number of ether oxygens (including phenoxy) is 2. The third kappa shape index (κ3) is 4.74. The Morgan fingerprint density at radius 3 is 2.86 bits per heavy atom. The number of hydrogen-bond donors (Lipinski definition) is 1. The number of nitrogens with one attached hydrogen (secondary N) is 1. The van der Waals surface area contributed by atoms with Crippen LogP contribution in [-0.2, 0) is 17.8 Å². The Morgan fingerprint density at radius 1 is 1.33 bits per heavy atom. The average Bonchev–Trinajstić information content (AvgIpc) is 2.93. The Balaban J connectivity index is 1.94. The van der Waals surface area contributed by atoms with Gasteiger partial charge in [0, 0.05) is 31.8 Å². The summed E-state index contributed by atoms with van der Waals surface area (Å²) in [4.78, 5) is 0. The zero-order valence-corrected chi connectivity index (χ0v) is 13.1. The van der Waals surface area contributed by atoms with E-state index in [1.165, 1.54) is 0 Å². The first-order chi connectivity index (χ1) is 10.2. The highest BCUT2D eigenvalue weighted by atomic mass is 35.5. The number of rotatable bonds is 8. The Morgan fingerprint density at radius 2 is 2.19 bits per heavy atom. The molecule has 5 nitrogen and oxygen atoms in total. The summed E-state index contributed by atoms with van der Waals surface area (Å²) in [6.45, 7) is 5.02. The van der Waals surface area contributed by atoms with Crippen LogP contribution in [0.25, 0.3) is 0 Å². The van der Waals surface area contributed by atoms with Crippen LogP contribution in [0.15, 0.2) is 30.6 Å². The van der Waals surface area contributed by atoms with Crippen molar-refractivity contribution in [1.82, 2.24) is 15.1 Å². The smallest absolute Gasteiger partial charge is 0.165 e. The van der Waals surface area contributed by atoms with Crippen LogP contribution in [0.4, 0.5) is 0 Å². The lowest BCUT2D eigenvalue weighted by molar-refractivity contribution is 0.199. The van der Waals surface area contributed by atoms with Gasteiger partial charge in [-0.2, -0.15) is 5.10 Å². The van der Waals surface area contributed by atoms with Crippen molar-refractivity contribution < 1.29 is 9.47 Å². The third-order valence-electron chi connectivity index (χ3n) is 2.99. The minimum absolute atomic E-state index is 0.681. The van der Waals surface area contributed by atoms with Gasteiger partial charge in [-0.15, -0.1) is 0 Å². The Labute approximate surface area is 129 Å². The second kappa shape index (κ2) is 8.02. The highest BCUT2D eigenvalue weighted by Gasteiger charge is 2.05. The van der Waals surface area contributed by atoms with Crippen molar-refractivity contribution in [3.05, 3.63) is 41.2 Å². The van der Waals surface area contributed by atoms with Crippen LogP contribution in [0.3, 0.4) is 0 Å². The fraction of sp³-hybridized carbons (Fsp3) is 0.400. The predicted octanol–water partition coefficient (Wildman–Crippen LogP) is 3.08. The van der Waals surface area contributed by atoms with Gasteiger partial charge in [-0.05, 0) is 24.6 Å². The summed E-state index contributed by atoms with van der Waals surface area (Å²) in [5.74, 6) is 1.41. The molecule has 0 fully saturated rings. The molecule has 1 heterocycles. The molecule has 0 saturated heterocycles. The predicted molar refractivity (Wildman–Crippen MR) is 83.0 cm³/mol. The van der Waals surface area contributed by atoms with Gasteiger partial charge in [0.1, 0.15) is 5.75 Å². The molecule has 0 bridgehead atoms. The van der Waals surface area contributed by atoms with E-state index in [0.717, 1.165) is 18.7 Å². The Kier molecular flexibility index (Phi) is 6.04.